The number of hydrogen-bond acceptors (Lipinski definition) is 2. The van der Waals surface area contributed by atoms with Crippen LogP contribution in [0.25, 0.3) is 0 Å². The second kappa shape index (κ2) is 19.2. The Morgan fingerprint density at radius 1 is 0.830 bits per heavy atom. The van der Waals surface area contributed by atoms with E-state index in [-0.39, 0.29) is 12.1 Å². The van der Waals surface area contributed by atoms with Crippen LogP contribution in [-0.2, 0) is 9.53 Å². The molecule has 2 nitrogen and oxygen atoms in total. The van der Waals surface area contributed by atoms with E-state index >= 15 is 0 Å². The van der Waals surface area contributed by atoms with Gasteiger partial charge in [0.25, 0.3) is 0 Å². The first-order valence-corrected chi connectivity index (χ1v) is 20.9. The van der Waals surface area contributed by atoms with Crippen LogP contribution < -0.4 is 0 Å². The van der Waals surface area contributed by atoms with Crippen LogP contribution in [0.4, 0.5) is 0 Å². The fraction of sp³-hybridized carbons (Fsp3) is 0.844. The molecule has 268 valence electrons. The molecule has 3 saturated carbocycles. The quantitative estimate of drug-likeness (QED) is 0.0746. The third kappa shape index (κ3) is 10.6. The summed E-state index contributed by atoms with van der Waals surface area (Å²) in [4.78, 5) is 12.8. The zero-order chi connectivity index (χ0) is 33.7. The van der Waals surface area contributed by atoms with Gasteiger partial charge in [-0.3, -0.25) is 4.79 Å². The normalized spacial score (nSPS) is 32.7. The van der Waals surface area contributed by atoms with Crippen molar-refractivity contribution in [3.63, 3.8) is 0 Å². The molecule has 4 aliphatic carbocycles. The second-order valence-corrected chi connectivity index (χ2v) is 17.6. The summed E-state index contributed by atoms with van der Waals surface area (Å²) >= 11 is 0. The topological polar surface area (TPSA) is 26.3 Å². The third-order valence-corrected chi connectivity index (χ3v) is 13.9. The van der Waals surface area contributed by atoms with Crippen LogP contribution in [0.2, 0.25) is 0 Å². The van der Waals surface area contributed by atoms with Crippen LogP contribution in [0.15, 0.2) is 36.0 Å². The minimum Gasteiger partial charge on any atom is -0.462 e. The Labute approximate surface area is 292 Å². The van der Waals surface area contributed by atoms with Crippen LogP contribution >= 0.6 is 0 Å². The van der Waals surface area contributed by atoms with E-state index in [9.17, 15) is 4.79 Å². The van der Waals surface area contributed by atoms with E-state index in [2.05, 4.69) is 71.9 Å². The van der Waals surface area contributed by atoms with E-state index < -0.39 is 0 Å². The van der Waals surface area contributed by atoms with Crippen molar-refractivity contribution in [1.82, 2.24) is 0 Å². The van der Waals surface area contributed by atoms with Crippen LogP contribution in [0.1, 0.15) is 189 Å². The van der Waals surface area contributed by atoms with Crippen LogP contribution in [0.5, 0.6) is 0 Å². The molecule has 8 atom stereocenters. The Morgan fingerprint density at radius 3 is 2.30 bits per heavy atom. The lowest BCUT2D eigenvalue weighted by Crippen LogP contribution is -2.51. The predicted molar refractivity (Wildman–Crippen MR) is 202 cm³/mol. The van der Waals surface area contributed by atoms with Crippen molar-refractivity contribution >= 4 is 5.97 Å². The lowest BCUT2D eigenvalue weighted by atomic mass is 9.47. The number of esters is 1. The van der Waals surface area contributed by atoms with Crippen molar-refractivity contribution in [2.24, 2.45) is 46.3 Å². The van der Waals surface area contributed by atoms with Gasteiger partial charge in [-0.2, -0.15) is 0 Å². The van der Waals surface area contributed by atoms with Crippen molar-refractivity contribution in [1.29, 1.82) is 0 Å². The molecule has 1 unspecified atom stereocenters. The van der Waals surface area contributed by atoms with Crippen molar-refractivity contribution in [3.05, 3.63) is 36.0 Å². The summed E-state index contributed by atoms with van der Waals surface area (Å²) in [6, 6.07) is 0. The first-order valence-electron chi connectivity index (χ1n) is 20.9. The first-order chi connectivity index (χ1) is 22.7. The van der Waals surface area contributed by atoms with E-state index in [1.54, 1.807) is 5.57 Å². The highest BCUT2D eigenvalue weighted by atomic mass is 16.5. The Kier molecular flexibility index (Phi) is 15.7. The predicted octanol–water partition coefficient (Wildman–Crippen LogP) is 13.8. The van der Waals surface area contributed by atoms with Gasteiger partial charge in [0, 0.05) is 12.8 Å². The lowest BCUT2D eigenvalue weighted by molar-refractivity contribution is -0.151. The number of fused-ring (bicyclic) bond motifs is 5. The molecular weight excluding hydrogens is 572 g/mol. The summed E-state index contributed by atoms with van der Waals surface area (Å²) in [5.41, 5.74) is 2.52. The Morgan fingerprint density at radius 2 is 1.55 bits per heavy atom. The van der Waals surface area contributed by atoms with Crippen molar-refractivity contribution in [2.45, 2.75) is 195 Å². The van der Waals surface area contributed by atoms with Crippen LogP contribution in [0.3, 0.4) is 0 Å². The molecule has 0 radical (unpaired) electrons. The fourth-order valence-electron chi connectivity index (χ4n) is 11.1. The zero-order valence-corrected chi connectivity index (χ0v) is 32.0. The fourth-order valence-corrected chi connectivity index (χ4v) is 11.1. The molecule has 0 spiro atoms. The average Bonchev–Trinajstić information content (AvgIpc) is 3.40. The van der Waals surface area contributed by atoms with Gasteiger partial charge in [-0.05, 0) is 130 Å². The standard InChI is InChI=1S/C45H76O2/c1-7-8-9-10-11-12-13-14-15-16-17-18-19-20-21-25-43(46)47-38-30-32-44(5)37(34-38)26-27-39-41-29-28-40(36(4)24-22-23-35(2)3)45(41,6)33-31-42(39)44/h11-12,14-15,26,35-36,38-42H,7-10,13,16-25,27-34H2,1-6H3/b12-11-,15-14-/t36-,38+,39+,40?,41+,42+,44+,45-/m1/s1. The summed E-state index contributed by atoms with van der Waals surface area (Å²) in [6.45, 7) is 14.9. The van der Waals surface area contributed by atoms with Gasteiger partial charge in [0.15, 0.2) is 0 Å². The van der Waals surface area contributed by atoms with Crippen molar-refractivity contribution in [3.8, 4) is 0 Å². The molecule has 2 heteroatoms. The lowest BCUT2D eigenvalue weighted by Gasteiger charge is -2.58. The maximum Gasteiger partial charge on any atom is 0.306 e. The Bertz CT molecular complexity index is 1020. The number of carbonyl (C=O) groups is 1. The van der Waals surface area contributed by atoms with E-state index in [4.69, 9.17) is 4.74 Å². The van der Waals surface area contributed by atoms with Gasteiger partial charge >= 0.3 is 5.97 Å². The number of allylic oxidation sites excluding steroid dienone is 5. The molecule has 0 aliphatic heterocycles. The Balaban J connectivity index is 1.13. The number of carbonyl (C=O) groups excluding carboxylic acids is 1. The summed E-state index contributed by atoms with van der Waals surface area (Å²) in [6.07, 6.45) is 40.5. The summed E-state index contributed by atoms with van der Waals surface area (Å²) in [5, 5.41) is 0. The second-order valence-electron chi connectivity index (χ2n) is 17.6. The number of ether oxygens (including phenoxy) is 1. The van der Waals surface area contributed by atoms with Gasteiger partial charge < -0.3 is 4.74 Å². The molecule has 4 rings (SSSR count). The highest BCUT2D eigenvalue weighted by molar-refractivity contribution is 5.69. The zero-order valence-electron chi connectivity index (χ0n) is 32.0. The molecule has 0 bridgehead atoms. The van der Waals surface area contributed by atoms with Gasteiger partial charge in [0.2, 0.25) is 0 Å². The minimum absolute atomic E-state index is 0.0477. The minimum atomic E-state index is 0.0477. The molecular formula is C45H76O2. The molecule has 0 N–H and O–H groups in total. The van der Waals surface area contributed by atoms with Crippen molar-refractivity contribution in [2.75, 3.05) is 0 Å². The monoisotopic (exact) mass is 649 g/mol. The van der Waals surface area contributed by atoms with Gasteiger partial charge in [-0.15, -0.1) is 0 Å². The third-order valence-electron chi connectivity index (χ3n) is 13.9. The van der Waals surface area contributed by atoms with E-state index in [0.29, 0.717) is 17.3 Å². The highest BCUT2D eigenvalue weighted by Gasteiger charge is 2.59. The molecule has 0 aromatic heterocycles. The summed E-state index contributed by atoms with van der Waals surface area (Å²) in [5.74, 6) is 5.30. The van der Waals surface area contributed by atoms with E-state index in [1.807, 2.05) is 0 Å². The number of rotatable bonds is 20. The van der Waals surface area contributed by atoms with E-state index in [1.165, 1.54) is 109 Å². The molecule has 0 amide bonds. The maximum absolute atomic E-state index is 12.8. The average molecular weight is 649 g/mol. The first kappa shape index (κ1) is 38.5. The summed E-state index contributed by atoms with van der Waals surface area (Å²) in [7, 11) is 0. The molecule has 3 fully saturated rings. The summed E-state index contributed by atoms with van der Waals surface area (Å²) < 4.78 is 6.12. The van der Waals surface area contributed by atoms with Crippen molar-refractivity contribution < 1.29 is 9.53 Å². The highest BCUT2D eigenvalue weighted by Crippen LogP contribution is 2.67. The smallest absolute Gasteiger partial charge is 0.306 e. The van der Waals surface area contributed by atoms with E-state index in [0.717, 1.165) is 67.6 Å². The molecule has 0 saturated heterocycles. The molecule has 4 aliphatic rings. The molecule has 0 aromatic carbocycles. The molecule has 47 heavy (non-hydrogen) atoms. The largest absolute Gasteiger partial charge is 0.462 e. The number of hydrogen-bond donors (Lipinski definition) is 0. The van der Waals surface area contributed by atoms with Gasteiger partial charge in [0.1, 0.15) is 6.10 Å². The van der Waals surface area contributed by atoms with Crippen LogP contribution in [-0.4, -0.2) is 12.1 Å². The van der Waals surface area contributed by atoms with Gasteiger partial charge in [-0.1, -0.05) is 129 Å². The SMILES string of the molecule is CCCCC/C=C\C/C=C\CCCCCCCC(=O)O[C@H]1CC[C@@]2(C)C(=CC[C@@H]3[C@@H]2CC[C@]2(C)C([C@H](C)CCCC(C)C)CC[C@@H]32)C1. The maximum atomic E-state index is 12.8. The molecule has 0 heterocycles. The molecule has 0 aromatic rings. The van der Waals surface area contributed by atoms with Gasteiger partial charge in [-0.25, -0.2) is 0 Å². The number of unbranched alkanes of at least 4 members (excludes halogenated alkanes) is 8. The van der Waals surface area contributed by atoms with Crippen LogP contribution in [0, 0.1) is 46.3 Å². The van der Waals surface area contributed by atoms with Gasteiger partial charge in [0.05, 0.1) is 0 Å². The Hall–Kier alpha value is -1.31.